The monoisotopic (exact) mass is 485 g/mol. The lowest BCUT2D eigenvalue weighted by atomic mass is 9.99. The fourth-order valence-electron chi connectivity index (χ4n) is 4.82. The van der Waals surface area contributed by atoms with Crippen LogP contribution < -0.4 is 15.1 Å². The van der Waals surface area contributed by atoms with Crippen LogP contribution in [0.4, 0.5) is 17.3 Å². The van der Waals surface area contributed by atoms with Crippen molar-refractivity contribution in [3.8, 4) is 11.1 Å². The normalized spacial score (nSPS) is 18.2. The average molecular weight is 486 g/mol. The number of anilines is 3. The molecule has 0 radical (unpaired) electrons. The third-order valence-corrected chi connectivity index (χ3v) is 7.16. The van der Waals surface area contributed by atoms with Crippen LogP contribution in [0.15, 0.2) is 48.7 Å². The predicted octanol–water partition coefficient (Wildman–Crippen LogP) is 3.60. The lowest BCUT2D eigenvalue weighted by molar-refractivity contribution is 0.102. The average Bonchev–Trinajstić information content (AvgIpc) is 3.74. The van der Waals surface area contributed by atoms with E-state index in [1.165, 1.54) is 0 Å². The minimum Gasteiger partial charge on any atom is -0.389 e. The van der Waals surface area contributed by atoms with Gasteiger partial charge in [0.1, 0.15) is 11.6 Å². The number of carbonyl (C=O) groups is 1. The second-order valence-corrected chi connectivity index (χ2v) is 9.96. The highest BCUT2D eigenvalue weighted by Crippen LogP contribution is 2.39. The number of aryl methyl sites for hydroxylation is 1. The molecule has 2 aromatic heterocycles. The van der Waals surface area contributed by atoms with Crippen LogP contribution in [-0.2, 0) is 4.74 Å². The Morgan fingerprint density at radius 1 is 1.03 bits per heavy atom. The number of pyridine rings is 2. The Bertz CT molecular complexity index is 1280. The highest BCUT2D eigenvalue weighted by Gasteiger charge is 2.28. The Labute approximate surface area is 210 Å². The second kappa shape index (κ2) is 9.52. The first-order valence-corrected chi connectivity index (χ1v) is 12.7. The molecule has 2 N–H and O–H groups in total. The zero-order chi connectivity index (χ0) is 24.6. The summed E-state index contributed by atoms with van der Waals surface area (Å²) in [7, 11) is 0. The van der Waals surface area contributed by atoms with Crippen LogP contribution in [0.25, 0.3) is 11.1 Å². The van der Waals surface area contributed by atoms with Crippen LogP contribution in [0, 0.1) is 6.92 Å². The van der Waals surface area contributed by atoms with Gasteiger partial charge in [0.15, 0.2) is 0 Å². The SMILES string of the molecule is Cc1ccc(NC(=O)c2ccnc(C3CC3)c2)cc1-c1cc(N2CCOCC2)nc(N2CC(O)C2)c1. The maximum absolute atomic E-state index is 13.0. The van der Waals surface area contributed by atoms with Gasteiger partial charge in [-0.15, -0.1) is 0 Å². The third-order valence-electron chi connectivity index (χ3n) is 7.16. The minimum absolute atomic E-state index is 0.131. The van der Waals surface area contributed by atoms with Crippen molar-refractivity contribution in [3.63, 3.8) is 0 Å². The van der Waals surface area contributed by atoms with E-state index in [0.717, 1.165) is 65.6 Å². The number of nitrogens with one attached hydrogen (secondary N) is 1. The molecule has 0 unspecified atom stereocenters. The smallest absolute Gasteiger partial charge is 0.255 e. The van der Waals surface area contributed by atoms with Crippen LogP contribution in [-0.4, -0.2) is 66.5 Å². The van der Waals surface area contributed by atoms with E-state index < -0.39 is 0 Å². The van der Waals surface area contributed by atoms with E-state index in [2.05, 4.69) is 39.2 Å². The van der Waals surface area contributed by atoms with Crippen LogP contribution >= 0.6 is 0 Å². The molecule has 3 aromatic rings. The molecule has 8 nitrogen and oxygen atoms in total. The lowest BCUT2D eigenvalue weighted by Crippen LogP contribution is -2.51. The molecule has 0 spiro atoms. The van der Waals surface area contributed by atoms with Crippen LogP contribution in [0.5, 0.6) is 0 Å². The van der Waals surface area contributed by atoms with E-state index in [-0.39, 0.29) is 12.0 Å². The molecular formula is C28H31N5O3. The summed E-state index contributed by atoms with van der Waals surface area (Å²) in [5, 5.41) is 12.9. The van der Waals surface area contributed by atoms with Gasteiger partial charge in [-0.25, -0.2) is 4.98 Å². The van der Waals surface area contributed by atoms with E-state index in [0.29, 0.717) is 37.8 Å². The highest BCUT2D eigenvalue weighted by atomic mass is 16.5. The molecule has 3 fully saturated rings. The first-order chi connectivity index (χ1) is 17.5. The van der Waals surface area contributed by atoms with Crippen molar-refractivity contribution >= 4 is 23.2 Å². The molecule has 1 amide bonds. The summed E-state index contributed by atoms with van der Waals surface area (Å²) in [6, 6.07) is 13.9. The van der Waals surface area contributed by atoms with Gasteiger partial charge < -0.3 is 25.0 Å². The highest BCUT2D eigenvalue weighted by molar-refractivity contribution is 6.04. The number of aromatic nitrogens is 2. The van der Waals surface area contributed by atoms with Crippen LogP contribution in [0.2, 0.25) is 0 Å². The first kappa shape index (κ1) is 22.9. The summed E-state index contributed by atoms with van der Waals surface area (Å²) < 4.78 is 5.54. The molecule has 1 aromatic carbocycles. The number of morpholine rings is 1. The molecule has 186 valence electrons. The van der Waals surface area contributed by atoms with Crippen LogP contribution in [0.3, 0.4) is 0 Å². The summed E-state index contributed by atoms with van der Waals surface area (Å²) in [6.45, 7) is 6.20. The standard InChI is InChI=1S/C28H31N5O3/c1-18-2-5-22(30-28(35)20-6-7-29-25(12-20)19-3-4-19)15-24(18)21-13-26(32-8-10-36-11-9-32)31-27(14-21)33-16-23(34)17-33/h2,5-7,12-15,19,23,34H,3-4,8-11,16-17H2,1H3,(H,30,35). The molecule has 3 aliphatic rings. The number of β-amino-alcohol motifs (C(OH)–C–C–N with tert-alkyl or cyclic N) is 1. The zero-order valence-corrected chi connectivity index (χ0v) is 20.5. The van der Waals surface area contributed by atoms with Gasteiger partial charge in [0.2, 0.25) is 0 Å². The van der Waals surface area contributed by atoms with E-state index in [4.69, 9.17) is 9.72 Å². The van der Waals surface area contributed by atoms with Gasteiger partial charge in [0, 0.05) is 55.2 Å². The van der Waals surface area contributed by atoms with Crippen molar-refractivity contribution in [2.24, 2.45) is 0 Å². The van der Waals surface area contributed by atoms with Gasteiger partial charge in [0.05, 0.1) is 19.3 Å². The number of ether oxygens (including phenoxy) is 1. The minimum atomic E-state index is -0.309. The number of hydrogen-bond acceptors (Lipinski definition) is 7. The van der Waals surface area contributed by atoms with E-state index in [9.17, 15) is 9.90 Å². The number of rotatable bonds is 6. The van der Waals surface area contributed by atoms with Gasteiger partial charge in [-0.05, 0) is 72.9 Å². The fourth-order valence-corrected chi connectivity index (χ4v) is 4.82. The number of aliphatic hydroxyl groups excluding tert-OH is 1. The van der Waals surface area contributed by atoms with Crippen LogP contribution in [0.1, 0.15) is 40.4 Å². The largest absolute Gasteiger partial charge is 0.389 e. The van der Waals surface area contributed by atoms with E-state index >= 15 is 0 Å². The number of carbonyl (C=O) groups excluding carboxylic acids is 1. The van der Waals surface area contributed by atoms with Crippen molar-refractivity contribution in [2.75, 3.05) is 54.5 Å². The zero-order valence-electron chi connectivity index (χ0n) is 20.5. The maximum atomic E-state index is 13.0. The Balaban J connectivity index is 1.30. The third kappa shape index (κ3) is 4.79. The Morgan fingerprint density at radius 2 is 1.78 bits per heavy atom. The van der Waals surface area contributed by atoms with Gasteiger partial charge in [-0.2, -0.15) is 0 Å². The number of nitrogens with zero attached hydrogens (tertiary/aromatic N) is 4. The van der Waals surface area contributed by atoms with Crippen molar-refractivity contribution in [1.29, 1.82) is 0 Å². The summed E-state index contributed by atoms with van der Waals surface area (Å²) >= 11 is 0. The number of amides is 1. The predicted molar refractivity (Wildman–Crippen MR) is 140 cm³/mol. The maximum Gasteiger partial charge on any atom is 0.255 e. The Morgan fingerprint density at radius 3 is 2.50 bits per heavy atom. The fraction of sp³-hybridized carbons (Fsp3) is 0.393. The molecule has 6 rings (SSSR count). The first-order valence-electron chi connectivity index (χ1n) is 12.7. The van der Waals surface area contributed by atoms with Crippen molar-refractivity contribution in [3.05, 3.63) is 65.5 Å². The van der Waals surface area contributed by atoms with Gasteiger partial charge >= 0.3 is 0 Å². The molecule has 2 aliphatic heterocycles. The molecule has 0 atom stereocenters. The van der Waals surface area contributed by atoms with Crippen molar-refractivity contribution in [1.82, 2.24) is 9.97 Å². The second-order valence-electron chi connectivity index (χ2n) is 9.96. The van der Waals surface area contributed by atoms with Crippen molar-refractivity contribution in [2.45, 2.75) is 31.8 Å². The molecule has 1 saturated carbocycles. The Hall–Kier alpha value is -3.49. The summed E-state index contributed by atoms with van der Waals surface area (Å²) in [5.74, 6) is 2.13. The molecule has 2 saturated heterocycles. The molecular weight excluding hydrogens is 454 g/mol. The molecule has 4 heterocycles. The molecule has 8 heteroatoms. The molecule has 36 heavy (non-hydrogen) atoms. The van der Waals surface area contributed by atoms with E-state index in [1.54, 1.807) is 12.3 Å². The number of benzene rings is 1. The van der Waals surface area contributed by atoms with Gasteiger partial charge in [-0.1, -0.05) is 6.07 Å². The van der Waals surface area contributed by atoms with Gasteiger partial charge in [-0.3, -0.25) is 9.78 Å². The van der Waals surface area contributed by atoms with Gasteiger partial charge in [0.25, 0.3) is 5.91 Å². The summed E-state index contributed by atoms with van der Waals surface area (Å²) in [6.07, 6.45) is 3.71. The topological polar surface area (TPSA) is 90.8 Å². The number of aliphatic hydroxyl groups is 1. The summed E-state index contributed by atoms with van der Waals surface area (Å²) in [4.78, 5) is 26.7. The molecule has 0 bridgehead atoms. The Kier molecular flexibility index (Phi) is 6.07. The van der Waals surface area contributed by atoms with Crippen molar-refractivity contribution < 1.29 is 14.6 Å². The number of hydrogen-bond donors (Lipinski definition) is 2. The van der Waals surface area contributed by atoms with E-state index in [1.807, 2.05) is 24.3 Å². The summed E-state index contributed by atoms with van der Waals surface area (Å²) in [5.41, 5.74) is 5.57. The quantitative estimate of drug-likeness (QED) is 0.551. The molecule has 1 aliphatic carbocycles. The lowest BCUT2D eigenvalue weighted by Gasteiger charge is -2.38.